The molecule has 0 spiro atoms. The van der Waals surface area contributed by atoms with Crippen LogP contribution in [0.4, 0.5) is 0 Å². The van der Waals surface area contributed by atoms with Crippen LogP contribution in [0.15, 0.2) is 0 Å². The van der Waals surface area contributed by atoms with Crippen molar-refractivity contribution in [3.05, 3.63) is 0 Å². The van der Waals surface area contributed by atoms with Gasteiger partial charge in [0.15, 0.2) is 0 Å². The molecule has 1 aliphatic rings. The molecule has 1 aliphatic heterocycles. The minimum absolute atomic E-state index is 0.353. The first-order valence-corrected chi connectivity index (χ1v) is 7.76. The summed E-state index contributed by atoms with van der Waals surface area (Å²) in [7, 11) is 1.87. The predicted octanol–water partition coefficient (Wildman–Crippen LogP) is 3.02. The van der Waals surface area contributed by atoms with Gasteiger partial charge in [0.25, 0.3) is 0 Å². The summed E-state index contributed by atoms with van der Waals surface area (Å²) in [5, 5.41) is 12.2. The van der Waals surface area contributed by atoms with E-state index in [9.17, 15) is 0 Å². The first-order valence-electron chi connectivity index (χ1n) is 7.76. The Labute approximate surface area is 119 Å². The van der Waals surface area contributed by atoms with Crippen molar-refractivity contribution in [1.29, 1.82) is 5.26 Å². The van der Waals surface area contributed by atoms with E-state index in [1.165, 1.54) is 25.9 Å². The minimum Gasteiger partial charge on any atom is -0.303 e. The highest BCUT2D eigenvalue weighted by molar-refractivity contribution is 5.02. The van der Waals surface area contributed by atoms with Gasteiger partial charge in [-0.15, -0.1) is 0 Å². The number of piperidine rings is 1. The van der Waals surface area contributed by atoms with Gasteiger partial charge < -0.3 is 10.2 Å². The third kappa shape index (κ3) is 4.78. The van der Waals surface area contributed by atoms with Gasteiger partial charge in [0.2, 0.25) is 0 Å². The van der Waals surface area contributed by atoms with Crippen molar-refractivity contribution in [1.82, 2.24) is 10.2 Å². The Bertz CT molecular complexity index is 310. The van der Waals surface area contributed by atoms with E-state index in [2.05, 4.69) is 37.1 Å². The lowest BCUT2D eigenvalue weighted by molar-refractivity contribution is 0.0777. The standard InChI is InChI=1S/C16H31N3/c1-13-10-14(2)15(3)19(11-13)9-7-6-8-16(4,12-17)18-5/h13-15,18H,6-11H2,1-5H3. The van der Waals surface area contributed by atoms with Crippen LogP contribution in [0.25, 0.3) is 0 Å². The predicted molar refractivity (Wildman–Crippen MR) is 80.9 cm³/mol. The summed E-state index contributed by atoms with van der Waals surface area (Å²) in [6, 6.07) is 3.08. The quantitative estimate of drug-likeness (QED) is 0.750. The fourth-order valence-corrected chi connectivity index (χ4v) is 3.16. The van der Waals surface area contributed by atoms with E-state index in [1.807, 2.05) is 14.0 Å². The van der Waals surface area contributed by atoms with Crippen molar-refractivity contribution >= 4 is 0 Å². The van der Waals surface area contributed by atoms with Crippen LogP contribution >= 0.6 is 0 Å². The number of hydrogen-bond acceptors (Lipinski definition) is 3. The van der Waals surface area contributed by atoms with E-state index >= 15 is 0 Å². The van der Waals surface area contributed by atoms with Crippen molar-refractivity contribution in [3.8, 4) is 6.07 Å². The van der Waals surface area contributed by atoms with E-state index < -0.39 is 0 Å². The Morgan fingerprint density at radius 3 is 2.58 bits per heavy atom. The average molecular weight is 265 g/mol. The first kappa shape index (κ1) is 16.5. The van der Waals surface area contributed by atoms with Crippen LogP contribution in [0.1, 0.15) is 53.4 Å². The summed E-state index contributed by atoms with van der Waals surface area (Å²) in [6.45, 7) is 11.5. The summed E-state index contributed by atoms with van der Waals surface area (Å²) in [6.07, 6.45) is 4.62. The Kier molecular flexibility index (Phi) is 6.29. The molecule has 0 aromatic rings. The lowest BCUT2D eigenvalue weighted by atomic mass is 9.86. The maximum atomic E-state index is 9.12. The number of nitriles is 1. The lowest BCUT2D eigenvalue weighted by Gasteiger charge is -2.41. The highest BCUT2D eigenvalue weighted by Crippen LogP contribution is 2.27. The number of nitrogens with zero attached hydrogens (tertiary/aromatic N) is 2. The zero-order valence-corrected chi connectivity index (χ0v) is 13.4. The van der Waals surface area contributed by atoms with Gasteiger partial charge in [-0.25, -0.2) is 0 Å². The molecule has 0 radical (unpaired) electrons. The Hall–Kier alpha value is -0.590. The van der Waals surface area contributed by atoms with Gasteiger partial charge >= 0.3 is 0 Å². The summed E-state index contributed by atoms with van der Waals surface area (Å²) in [5.74, 6) is 1.64. The second-order valence-electron chi connectivity index (χ2n) is 6.70. The van der Waals surface area contributed by atoms with Crippen LogP contribution in [-0.2, 0) is 0 Å². The lowest BCUT2D eigenvalue weighted by Crippen LogP contribution is -2.46. The molecule has 0 aliphatic carbocycles. The number of hydrogen-bond donors (Lipinski definition) is 1. The largest absolute Gasteiger partial charge is 0.303 e. The van der Waals surface area contributed by atoms with Gasteiger partial charge in [-0.2, -0.15) is 5.26 Å². The molecule has 1 rings (SSSR count). The zero-order valence-electron chi connectivity index (χ0n) is 13.4. The zero-order chi connectivity index (χ0) is 14.5. The molecule has 4 atom stereocenters. The summed E-state index contributed by atoms with van der Waals surface area (Å²) < 4.78 is 0. The molecule has 3 heteroatoms. The summed E-state index contributed by atoms with van der Waals surface area (Å²) >= 11 is 0. The normalized spacial score (nSPS) is 31.7. The van der Waals surface area contributed by atoms with Crippen molar-refractivity contribution in [3.63, 3.8) is 0 Å². The van der Waals surface area contributed by atoms with Gasteiger partial charge in [-0.3, -0.25) is 0 Å². The van der Waals surface area contributed by atoms with Gasteiger partial charge in [0.05, 0.1) is 6.07 Å². The van der Waals surface area contributed by atoms with Crippen molar-refractivity contribution in [2.75, 3.05) is 20.1 Å². The van der Waals surface area contributed by atoms with Crippen LogP contribution < -0.4 is 5.32 Å². The Morgan fingerprint density at radius 2 is 2.00 bits per heavy atom. The molecule has 0 bridgehead atoms. The van der Waals surface area contributed by atoms with Crippen LogP contribution in [0, 0.1) is 23.2 Å². The van der Waals surface area contributed by atoms with Crippen molar-refractivity contribution in [2.45, 2.75) is 65.0 Å². The molecule has 1 fully saturated rings. The molecule has 110 valence electrons. The van der Waals surface area contributed by atoms with Crippen LogP contribution in [0.2, 0.25) is 0 Å². The maximum Gasteiger partial charge on any atom is 0.103 e. The van der Waals surface area contributed by atoms with E-state index in [0.29, 0.717) is 6.04 Å². The third-order valence-electron chi connectivity index (χ3n) is 4.89. The van der Waals surface area contributed by atoms with E-state index in [0.717, 1.165) is 24.7 Å². The fraction of sp³-hybridized carbons (Fsp3) is 0.938. The van der Waals surface area contributed by atoms with E-state index in [-0.39, 0.29) is 5.54 Å². The molecule has 19 heavy (non-hydrogen) atoms. The fourth-order valence-electron chi connectivity index (χ4n) is 3.16. The first-order chi connectivity index (χ1) is 8.91. The van der Waals surface area contributed by atoms with E-state index in [1.54, 1.807) is 0 Å². The monoisotopic (exact) mass is 265 g/mol. The van der Waals surface area contributed by atoms with Gasteiger partial charge in [0, 0.05) is 12.6 Å². The van der Waals surface area contributed by atoms with E-state index in [4.69, 9.17) is 5.26 Å². The van der Waals surface area contributed by atoms with Crippen LogP contribution in [-0.4, -0.2) is 36.6 Å². The number of rotatable bonds is 6. The number of unbranched alkanes of at least 4 members (excludes halogenated alkanes) is 1. The third-order valence-corrected chi connectivity index (χ3v) is 4.89. The topological polar surface area (TPSA) is 39.1 Å². The average Bonchev–Trinajstić information content (AvgIpc) is 2.39. The molecule has 0 saturated carbocycles. The van der Waals surface area contributed by atoms with Gasteiger partial charge in [0.1, 0.15) is 5.54 Å². The van der Waals surface area contributed by atoms with Crippen molar-refractivity contribution < 1.29 is 0 Å². The maximum absolute atomic E-state index is 9.12. The number of nitrogens with one attached hydrogen (secondary N) is 1. The molecule has 0 aromatic carbocycles. The Morgan fingerprint density at radius 1 is 1.32 bits per heavy atom. The second-order valence-corrected chi connectivity index (χ2v) is 6.70. The Balaban J connectivity index is 2.31. The van der Waals surface area contributed by atoms with Crippen LogP contribution in [0.5, 0.6) is 0 Å². The minimum atomic E-state index is -0.353. The molecule has 0 amide bonds. The number of likely N-dealkylation sites (tertiary alicyclic amines) is 1. The summed E-state index contributed by atoms with van der Waals surface area (Å²) in [5.41, 5.74) is -0.353. The summed E-state index contributed by atoms with van der Waals surface area (Å²) in [4.78, 5) is 2.64. The highest BCUT2D eigenvalue weighted by Gasteiger charge is 2.28. The molecular weight excluding hydrogens is 234 g/mol. The molecule has 3 nitrogen and oxygen atoms in total. The highest BCUT2D eigenvalue weighted by atomic mass is 15.2. The second kappa shape index (κ2) is 7.26. The molecule has 1 N–H and O–H groups in total. The smallest absolute Gasteiger partial charge is 0.103 e. The molecule has 1 saturated heterocycles. The van der Waals surface area contributed by atoms with Gasteiger partial charge in [-0.05, 0) is 65.0 Å². The van der Waals surface area contributed by atoms with Gasteiger partial charge in [-0.1, -0.05) is 13.8 Å². The van der Waals surface area contributed by atoms with Crippen molar-refractivity contribution in [2.24, 2.45) is 11.8 Å². The molecule has 4 unspecified atom stereocenters. The molecular formula is C16H31N3. The van der Waals surface area contributed by atoms with Crippen LogP contribution in [0.3, 0.4) is 0 Å². The molecule has 0 aromatic heterocycles. The SMILES string of the molecule is CNC(C)(C#N)CCCCN1CC(C)CC(C)C1C. The molecule has 1 heterocycles.